The lowest BCUT2D eigenvalue weighted by molar-refractivity contribution is -0.134. The van der Waals surface area contributed by atoms with E-state index in [1.165, 1.54) is 0 Å². The lowest BCUT2D eigenvalue weighted by Gasteiger charge is -2.26. The number of nitrogens with zero attached hydrogens (tertiary/aromatic N) is 2. The highest BCUT2D eigenvalue weighted by Gasteiger charge is 2.21. The minimum absolute atomic E-state index is 0.0413. The van der Waals surface area contributed by atoms with Crippen LogP contribution < -0.4 is 5.32 Å². The van der Waals surface area contributed by atoms with Crippen LogP contribution in [0.5, 0.6) is 0 Å². The van der Waals surface area contributed by atoms with E-state index in [4.69, 9.17) is 9.15 Å². The van der Waals surface area contributed by atoms with Crippen LogP contribution in [-0.2, 0) is 16.1 Å². The SMILES string of the molecule is O=C(NCC(=O)N1CCOCC1)c1cc2oc(Br)cc2n1Cc1ccccc1. The molecular formula is C20H20BrN3O4. The Morgan fingerprint density at radius 3 is 2.61 bits per heavy atom. The van der Waals surface area contributed by atoms with Crippen LogP contribution in [0.3, 0.4) is 0 Å². The average molecular weight is 446 g/mol. The van der Waals surface area contributed by atoms with Crippen LogP contribution in [0.15, 0.2) is 51.6 Å². The summed E-state index contributed by atoms with van der Waals surface area (Å²) < 4.78 is 13.4. The number of amides is 2. The fraction of sp³-hybridized carbons (Fsp3) is 0.300. The first kappa shape index (κ1) is 18.8. The van der Waals surface area contributed by atoms with Gasteiger partial charge in [-0.05, 0) is 21.5 Å². The Kier molecular flexibility index (Phi) is 5.50. The van der Waals surface area contributed by atoms with Crippen molar-refractivity contribution in [3.05, 3.63) is 58.4 Å². The number of rotatable bonds is 5. The molecule has 1 aliphatic heterocycles. The van der Waals surface area contributed by atoms with Gasteiger partial charge in [-0.25, -0.2) is 0 Å². The molecule has 28 heavy (non-hydrogen) atoms. The van der Waals surface area contributed by atoms with Crippen LogP contribution in [0.4, 0.5) is 0 Å². The van der Waals surface area contributed by atoms with Gasteiger partial charge in [-0.15, -0.1) is 0 Å². The van der Waals surface area contributed by atoms with Crippen molar-refractivity contribution in [1.29, 1.82) is 0 Å². The van der Waals surface area contributed by atoms with Gasteiger partial charge in [0.05, 0.1) is 25.3 Å². The number of nitrogens with one attached hydrogen (secondary N) is 1. The van der Waals surface area contributed by atoms with E-state index < -0.39 is 0 Å². The Bertz CT molecular complexity index is 990. The van der Waals surface area contributed by atoms with Gasteiger partial charge in [-0.2, -0.15) is 0 Å². The van der Waals surface area contributed by atoms with Gasteiger partial charge in [-0.1, -0.05) is 30.3 Å². The summed E-state index contributed by atoms with van der Waals surface area (Å²) in [7, 11) is 0. The molecule has 1 saturated heterocycles. The van der Waals surface area contributed by atoms with Gasteiger partial charge in [0.2, 0.25) is 5.91 Å². The van der Waals surface area contributed by atoms with E-state index in [0.29, 0.717) is 48.8 Å². The van der Waals surface area contributed by atoms with Crippen molar-refractivity contribution in [3.8, 4) is 0 Å². The van der Waals surface area contributed by atoms with Gasteiger partial charge in [0.25, 0.3) is 5.91 Å². The Hall–Kier alpha value is -2.58. The summed E-state index contributed by atoms with van der Waals surface area (Å²) in [6.07, 6.45) is 0. The molecule has 7 nitrogen and oxygen atoms in total. The number of halogens is 1. The number of hydrogen-bond donors (Lipinski definition) is 1. The molecule has 0 aliphatic carbocycles. The number of ether oxygens (including phenoxy) is 1. The predicted octanol–water partition coefficient (Wildman–Crippen LogP) is 2.63. The third-order valence-corrected chi connectivity index (χ3v) is 5.13. The largest absolute Gasteiger partial charge is 0.448 e. The molecule has 1 fully saturated rings. The van der Waals surface area contributed by atoms with Gasteiger partial charge in [0.15, 0.2) is 10.3 Å². The summed E-state index contributed by atoms with van der Waals surface area (Å²) >= 11 is 3.34. The molecule has 0 unspecified atom stereocenters. The van der Waals surface area contributed by atoms with Gasteiger partial charge >= 0.3 is 0 Å². The lowest BCUT2D eigenvalue weighted by Crippen LogP contribution is -2.45. The number of fused-ring (bicyclic) bond motifs is 1. The summed E-state index contributed by atoms with van der Waals surface area (Å²) in [6.45, 7) is 2.66. The molecule has 1 aliphatic rings. The fourth-order valence-corrected chi connectivity index (χ4v) is 3.70. The third-order valence-electron chi connectivity index (χ3n) is 4.74. The monoisotopic (exact) mass is 445 g/mol. The molecule has 3 aromatic rings. The van der Waals surface area contributed by atoms with Crippen molar-refractivity contribution < 1.29 is 18.7 Å². The second-order valence-electron chi connectivity index (χ2n) is 6.58. The number of carbonyl (C=O) groups is 2. The summed E-state index contributed by atoms with van der Waals surface area (Å²) in [5, 5.41) is 2.74. The zero-order valence-electron chi connectivity index (χ0n) is 15.2. The van der Waals surface area contributed by atoms with E-state index in [1.807, 2.05) is 41.0 Å². The van der Waals surface area contributed by atoms with Crippen LogP contribution >= 0.6 is 15.9 Å². The molecule has 4 rings (SSSR count). The second kappa shape index (κ2) is 8.20. The minimum atomic E-state index is -0.305. The molecule has 0 saturated carbocycles. The van der Waals surface area contributed by atoms with Crippen LogP contribution in [0.25, 0.3) is 11.1 Å². The van der Waals surface area contributed by atoms with Crippen LogP contribution in [0.1, 0.15) is 16.1 Å². The number of carbonyl (C=O) groups excluding carboxylic acids is 2. The van der Waals surface area contributed by atoms with E-state index in [-0.39, 0.29) is 18.4 Å². The van der Waals surface area contributed by atoms with E-state index >= 15 is 0 Å². The summed E-state index contributed by atoms with van der Waals surface area (Å²) in [5.74, 6) is -0.413. The molecule has 3 heterocycles. The first-order chi connectivity index (χ1) is 13.6. The molecule has 0 radical (unpaired) electrons. The van der Waals surface area contributed by atoms with Crippen LogP contribution in [0, 0.1) is 0 Å². The normalized spacial score (nSPS) is 14.4. The van der Waals surface area contributed by atoms with Crippen molar-refractivity contribution in [1.82, 2.24) is 14.8 Å². The van der Waals surface area contributed by atoms with E-state index in [1.54, 1.807) is 11.0 Å². The van der Waals surface area contributed by atoms with E-state index in [0.717, 1.165) is 11.1 Å². The maximum Gasteiger partial charge on any atom is 0.268 e. The van der Waals surface area contributed by atoms with Crippen molar-refractivity contribution in [2.24, 2.45) is 0 Å². The number of hydrogen-bond acceptors (Lipinski definition) is 4. The number of benzene rings is 1. The highest BCUT2D eigenvalue weighted by Crippen LogP contribution is 2.27. The van der Waals surface area contributed by atoms with Gasteiger partial charge < -0.3 is 23.9 Å². The van der Waals surface area contributed by atoms with Crippen LogP contribution in [0.2, 0.25) is 0 Å². The number of aromatic nitrogens is 1. The number of morpholine rings is 1. The van der Waals surface area contributed by atoms with Gasteiger partial charge in [-0.3, -0.25) is 9.59 Å². The highest BCUT2D eigenvalue weighted by molar-refractivity contribution is 9.10. The van der Waals surface area contributed by atoms with E-state index in [9.17, 15) is 9.59 Å². The predicted molar refractivity (Wildman–Crippen MR) is 107 cm³/mol. The summed E-state index contributed by atoms with van der Waals surface area (Å²) in [5.41, 5.74) is 2.96. The Morgan fingerprint density at radius 2 is 1.86 bits per heavy atom. The summed E-state index contributed by atoms with van der Waals surface area (Å²) in [4.78, 5) is 26.8. The fourth-order valence-electron chi connectivity index (χ4n) is 3.31. The van der Waals surface area contributed by atoms with Crippen molar-refractivity contribution in [2.75, 3.05) is 32.8 Å². The zero-order chi connectivity index (χ0) is 19.5. The molecular weight excluding hydrogens is 426 g/mol. The first-order valence-corrected chi connectivity index (χ1v) is 9.87. The third kappa shape index (κ3) is 3.98. The quantitative estimate of drug-likeness (QED) is 0.654. The van der Waals surface area contributed by atoms with E-state index in [2.05, 4.69) is 21.2 Å². The summed E-state index contributed by atoms with van der Waals surface area (Å²) in [6, 6.07) is 13.4. The highest BCUT2D eigenvalue weighted by atomic mass is 79.9. The zero-order valence-corrected chi connectivity index (χ0v) is 16.8. The minimum Gasteiger partial charge on any atom is -0.448 e. The van der Waals surface area contributed by atoms with Crippen LogP contribution in [-0.4, -0.2) is 54.1 Å². The molecule has 0 spiro atoms. The van der Waals surface area contributed by atoms with Crippen molar-refractivity contribution in [2.45, 2.75) is 6.54 Å². The molecule has 0 atom stereocenters. The molecule has 2 aromatic heterocycles. The molecule has 0 bridgehead atoms. The van der Waals surface area contributed by atoms with Crippen molar-refractivity contribution in [3.63, 3.8) is 0 Å². The lowest BCUT2D eigenvalue weighted by atomic mass is 10.2. The average Bonchev–Trinajstić information content (AvgIpc) is 3.24. The number of furan rings is 1. The molecule has 8 heteroatoms. The van der Waals surface area contributed by atoms with Gasteiger partial charge in [0.1, 0.15) is 5.69 Å². The molecule has 1 aromatic carbocycles. The maximum absolute atomic E-state index is 12.8. The second-order valence-corrected chi connectivity index (χ2v) is 7.36. The molecule has 2 amide bonds. The Morgan fingerprint density at radius 1 is 1.11 bits per heavy atom. The Labute approximate surface area is 170 Å². The topological polar surface area (TPSA) is 76.7 Å². The smallest absolute Gasteiger partial charge is 0.268 e. The molecule has 1 N–H and O–H groups in total. The standard InChI is InChI=1S/C20H20BrN3O4/c21-18-11-15-17(28-18)10-16(24(15)13-14-4-2-1-3-5-14)20(26)22-12-19(25)23-6-8-27-9-7-23/h1-5,10-11H,6-9,12-13H2,(H,22,26). The van der Waals surface area contributed by atoms with Crippen molar-refractivity contribution >= 4 is 38.8 Å². The first-order valence-electron chi connectivity index (χ1n) is 9.08. The Balaban J connectivity index is 1.53. The maximum atomic E-state index is 12.8. The van der Waals surface area contributed by atoms with Gasteiger partial charge in [0, 0.05) is 31.8 Å². The molecule has 146 valence electrons.